The molecular formula is C29H31N5O4. The van der Waals surface area contributed by atoms with Gasteiger partial charge in [0.2, 0.25) is 11.8 Å². The van der Waals surface area contributed by atoms with Gasteiger partial charge in [0.25, 0.3) is 5.91 Å². The third-order valence-electron chi connectivity index (χ3n) is 7.47. The predicted octanol–water partition coefficient (Wildman–Crippen LogP) is 2.29. The Morgan fingerprint density at radius 2 is 2.18 bits per heavy atom. The minimum Gasteiger partial charge on any atom is -0.496 e. The van der Waals surface area contributed by atoms with E-state index in [9.17, 15) is 14.4 Å². The summed E-state index contributed by atoms with van der Waals surface area (Å²) in [7, 11) is 1.59. The zero-order valence-electron chi connectivity index (χ0n) is 21.3. The van der Waals surface area contributed by atoms with Gasteiger partial charge in [-0.2, -0.15) is 0 Å². The first-order valence-electron chi connectivity index (χ1n) is 12.9. The summed E-state index contributed by atoms with van der Waals surface area (Å²) >= 11 is 0. The van der Waals surface area contributed by atoms with E-state index in [2.05, 4.69) is 26.5 Å². The highest BCUT2D eigenvalue weighted by Gasteiger charge is 2.41. The van der Waals surface area contributed by atoms with E-state index in [0.29, 0.717) is 50.2 Å². The van der Waals surface area contributed by atoms with Crippen LogP contribution in [0.3, 0.4) is 0 Å². The van der Waals surface area contributed by atoms with Crippen LogP contribution in [0.15, 0.2) is 48.8 Å². The fraction of sp³-hybridized carbons (Fsp3) is 0.379. The van der Waals surface area contributed by atoms with Gasteiger partial charge in [-0.05, 0) is 61.4 Å². The molecule has 2 aliphatic heterocycles. The molecule has 2 aliphatic rings. The molecule has 3 N–H and O–H groups in total. The van der Waals surface area contributed by atoms with Gasteiger partial charge in [0.05, 0.1) is 13.2 Å². The molecule has 0 spiro atoms. The molecule has 0 aliphatic carbocycles. The molecule has 38 heavy (non-hydrogen) atoms. The second-order valence-electron chi connectivity index (χ2n) is 9.99. The van der Waals surface area contributed by atoms with Crippen molar-refractivity contribution in [2.75, 3.05) is 20.2 Å². The topological polar surface area (TPSA) is 116 Å². The largest absolute Gasteiger partial charge is 0.496 e. The van der Waals surface area contributed by atoms with Crippen LogP contribution in [-0.4, -0.2) is 64.9 Å². The van der Waals surface area contributed by atoms with Gasteiger partial charge < -0.3 is 25.3 Å². The lowest BCUT2D eigenvalue weighted by atomic mass is 9.96. The van der Waals surface area contributed by atoms with Crippen molar-refractivity contribution in [3.63, 3.8) is 0 Å². The molecule has 1 aromatic carbocycles. The molecule has 0 radical (unpaired) electrons. The second kappa shape index (κ2) is 11.0. The Bertz CT molecular complexity index is 1380. The van der Waals surface area contributed by atoms with Crippen LogP contribution in [0, 0.1) is 24.2 Å². The number of aromatic amines is 1. The van der Waals surface area contributed by atoms with Crippen molar-refractivity contribution in [1.82, 2.24) is 25.5 Å². The van der Waals surface area contributed by atoms with Crippen LogP contribution in [-0.2, 0) is 16.0 Å². The molecule has 4 heterocycles. The average Bonchev–Trinajstić information content (AvgIpc) is 3.66. The number of nitrogens with one attached hydrogen (secondary N) is 3. The quantitative estimate of drug-likeness (QED) is 0.400. The maximum absolute atomic E-state index is 13.8. The number of likely N-dealkylation sites (tertiary alicyclic amines) is 1. The maximum Gasteiger partial charge on any atom is 0.270 e. The summed E-state index contributed by atoms with van der Waals surface area (Å²) in [5.41, 5.74) is 2.22. The molecule has 4 unspecified atom stereocenters. The summed E-state index contributed by atoms with van der Waals surface area (Å²) in [6, 6.07) is 9.93. The van der Waals surface area contributed by atoms with E-state index in [-0.39, 0.29) is 29.6 Å². The van der Waals surface area contributed by atoms with Gasteiger partial charge in [-0.1, -0.05) is 18.1 Å². The molecule has 5 rings (SSSR count). The molecule has 9 heteroatoms. The number of carbonyl (C=O) groups excluding carboxylic acids is 3. The number of amides is 3. The van der Waals surface area contributed by atoms with Crippen molar-refractivity contribution in [3.8, 4) is 18.1 Å². The minimum atomic E-state index is -0.689. The van der Waals surface area contributed by atoms with Crippen molar-refractivity contribution in [2.45, 2.75) is 37.8 Å². The van der Waals surface area contributed by atoms with Crippen molar-refractivity contribution >= 4 is 28.6 Å². The molecule has 2 fully saturated rings. The van der Waals surface area contributed by atoms with Crippen LogP contribution in [0.25, 0.3) is 10.9 Å². The third kappa shape index (κ3) is 5.21. The van der Waals surface area contributed by atoms with Crippen molar-refractivity contribution in [2.24, 2.45) is 11.8 Å². The van der Waals surface area contributed by atoms with E-state index >= 15 is 0 Å². The number of carbonyl (C=O) groups is 3. The van der Waals surface area contributed by atoms with Crippen LogP contribution in [0.4, 0.5) is 0 Å². The monoisotopic (exact) mass is 513 g/mol. The summed E-state index contributed by atoms with van der Waals surface area (Å²) in [6.07, 6.45) is 11.5. The molecule has 4 atom stereocenters. The molecule has 2 aromatic heterocycles. The van der Waals surface area contributed by atoms with Crippen molar-refractivity contribution < 1.29 is 19.1 Å². The van der Waals surface area contributed by atoms with E-state index in [1.54, 1.807) is 24.3 Å². The number of hydrogen-bond acceptors (Lipinski definition) is 5. The first-order valence-corrected chi connectivity index (χ1v) is 12.9. The number of rotatable bonds is 8. The summed E-state index contributed by atoms with van der Waals surface area (Å²) < 4.78 is 5.44. The van der Waals surface area contributed by atoms with Crippen LogP contribution in [0.5, 0.6) is 5.75 Å². The summed E-state index contributed by atoms with van der Waals surface area (Å²) in [5, 5.41) is 6.53. The number of nitrogens with zero attached hydrogens (tertiary/aromatic N) is 2. The maximum atomic E-state index is 13.8. The zero-order chi connectivity index (χ0) is 26.6. The molecule has 3 amide bonds. The van der Waals surface area contributed by atoms with Gasteiger partial charge in [-0.25, -0.2) is 0 Å². The molecule has 9 nitrogen and oxygen atoms in total. The molecular weight excluding hydrogens is 482 g/mol. The third-order valence-corrected chi connectivity index (χ3v) is 7.47. The first-order chi connectivity index (χ1) is 18.5. The Morgan fingerprint density at radius 3 is 2.89 bits per heavy atom. The average molecular weight is 514 g/mol. The minimum absolute atomic E-state index is 0.0389. The lowest BCUT2D eigenvalue weighted by molar-refractivity contribution is -0.126. The molecule has 3 aromatic rings. The van der Waals surface area contributed by atoms with E-state index in [4.69, 9.17) is 11.2 Å². The second-order valence-corrected chi connectivity index (χ2v) is 9.99. The number of pyridine rings is 1. The molecule has 2 saturated heterocycles. The number of terminal acetylenes is 1. The summed E-state index contributed by atoms with van der Waals surface area (Å²) in [6.45, 7) is 1.04. The normalized spacial score (nSPS) is 21.6. The van der Waals surface area contributed by atoms with Gasteiger partial charge in [0.15, 0.2) is 0 Å². The van der Waals surface area contributed by atoms with Gasteiger partial charge in [0.1, 0.15) is 17.5 Å². The van der Waals surface area contributed by atoms with Gasteiger partial charge in [0, 0.05) is 42.3 Å². The Labute approximate surface area is 221 Å². The summed E-state index contributed by atoms with van der Waals surface area (Å²) in [5.74, 6) is 2.53. The van der Waals surface area contributed by atoms with E-state index in [1.165, 1.54) is 0 Å². The fourth-order valence-electron chi connectivity index (χ4n) is 5.56. The van der Waals surface area contributed by atoms with E-state index < -0.39 is 12.1 Å². The lowest BCUT2D eigenvalue weighted by Gasteiger charge is -2.25. The number of fused-ring (bicyclic) bond motifs is 1. The first kappa shape index (κ1) is 25.3. The van der Waals surface area contributed by atoms with Crippen molar-refractivity contribution in [3.05, 3.63) is 60.0 Å². The molecule has 196 valence electrons. The Morgan fingerprint density at radius 1 is 1.32 bits per heavy atom. The molecule has 0 bridgehead atoms. The number of methoxy groups -OCH3 is 1. The van der Waals surface area contributed by atoms with Crippen LogP contribution < -0.4 is 15.4 Å². The van der Waals surface area contributed by atoms with E-state index in [0.717, 1.165) is 16.5 Å². The standard InChI is InChI=1S/C29H31N5O4/c1-3-21(14-20-9-11-31-27(20)35)32-28(36)25-13-19(12-18-6-5-10-30-16-18)17-34(25)29(37)24-15-22-23(33-24)7-4-8-26(22)38-2/h1,4-8,10,15-16,19-21,25,33H,9,11-14,17H2,2H3,(H,31,35)(H,32,36). The van der Waals surface area contributed by atoms with E-state index in [1.807, 2.05) is 36.5 Å². The Balaban J connectivity index is 1.37. The van der Waals surface area contributed by atoms with Crippen molar-refractivity contribution in [1.29, 1.82) is 0 Å². The summed E-state index contributed by atoms with van der Waals surface area (Å²) in [4.78, 5) is 48.4. The Hall–Kier alpha value is -4.32. The number of benzene rings is 1. The highest BCUT2D eigenvalue weighted by Crippen LogP contribution is 2.31. The fourth-order valence-corrected chi connectivity index (χ4v) is 5.56. The number of H-pyrrole nitrogens is 1. The SMILES string of the molecule is C#CC(CC1CCNC1=O)NC(=O)C1CC(Cc2cccnc2)CN1C(=O)c1cc2c(OC)cccc2[nH]1. The number of hydrogen-bond donors (Lipinski definition) is 3. The number of aromatic nitrogens is 2. The van der Waals surface area contributed by atoms with Crippen LogP contribution >= 0.6 is 0 Å². The van der Waals surface area contributed by atoms with Gasteiger partial charge in [-0.15, -0.1) is 6.42 Å². The zero-order valence-corrected chi connectivity index (χ0v) is 21.3. The smallest absolute Gasteiger partial charge is 0.270 e. The Kier molecular flexibility index (Phi) is 7.31. The predicted molar refractivity (Wildman–Crippen MR) is 142 cm³/mol. The van der Waals surface area contributed by atoms with Gasteiger partial charge >= 0.3 is 0 Å². The van der Waals surface area contributed by atoms with Crippen LogP contribution in [0.1, 0.15) is 35.3 Å². The number of ether oxygens (including phenoxy) is 1. The highest BCUT2D eigenvalue weighted by molar-refractivity contribution is 6.01. The molecule has 0 saturated carbocycles. The van der Waals surface area contributed by atoms with Gasteiger partial charge in [-0.3, -0.25) is 19.4 Å². The lowest BCUT2D eigenvalue weighted by Crippen LogP contribution is -2.49. The van der Waals surface area contributed by atoms with Crippen LogP contribution in [0.2, 0.25) is 0 Å². The highest BCUT2D eigenvalue weighted by atomic mass is 16.5.